The van der Waals surface area contributed by atoms with Crippen molar-refractivity contribution >= 4 is 34.7 Å². The summed E-state index contributed by atoms with van der Waals surface area (Å²) in [4.78, 5) is 28.7. The van der Waals surface area contributed by atoms with Crippen LogP contribution in [0.25, 0.3) is 0 Å². The molecule has 23 heavy (non-hydrogen) atoms. The number of aryl methyl sites for hydroxylation is 1. The Bertz CT molecular complexity index is 826. The van der Waals surface area contributed by atoms with Crippen LogP contribution in [0, 0.1) is 6.92 Å². The molecule has 0 aromatic carbocycles. The summed E-state index contributed by atoms with van der Waals surface area (Å²) in [5.74, 6) is 0.0343. The number of pyridine rings is 1. The lowest BCUT2D eigenvalue weighted by molar-refractivity contribution is 0.0994. The molecule has 0 aliphatic carbocycles. The number of hydrogen-bond acceptors (Lipinski definition) is 5. The fourth-order valence-corrected chi connectivity index (χ4v) is 2.55. The molecule has 3 aromatic heterocycles. The van der Waals surface area contributed by atoms with Gasteiger partial charge in [0.25, 0.3) is 11.8 Å². The highest BCUT2D eigenvalue weighted by Gasteiger charge is 2.12. The van der Waals surface area contributed by atoms with E-state index >= 15 is 0 Å². The normalized spacial score (nSPS) is 10.3. The lowest BCUT2D eigenvalue weighted by Gasteiger charge is -2.09. The van der Waals surface area contributed by atoms with Crippen LogP contribution in [0.15, 0.2) is 52.6 Å². The molecule has 2 amide bonds. The van der Waals surface area contributed by atoms with Crippen molar-refractivity contribution in [3.63, 3.8) is 0 Å². The summed E-state index contributed by atoms with van der Waals surface area (Å²) in [5, 5.41) is 7.28. The van der Waals surface area contributed by atoms with E-state index in [4.69, 9.17) is 4.42 Å². The van der Waals surface area contributed by atoms with E-state index in [1.54, 1.807) is 24.3 Å². The highest BCUT2D eigenvalue weighted by atomic mass is 32.1. The Morgan fingerprint density at radius 3 is 2.70 bits per heavy atom. The van der Waals surface area contributed by atoms with Crippen LogP contribution in [0.5, 0.6) is 0 Å². The molecule has 116 valence electrons. The van der Waals surface area contributed by atoms with Gasteiger partial charge in [0, 0.05) is 0 Å². The monoisotopic (exact) mass is 327 g/mol. The quantitative estimate of drug-likeness (QED) is 0.767. The minimum Gasteiger partial charge on any atom is -0.459 e. The summed E-state index contributed by atoms with van der Waals surface area (Å²) in [6, 6.07) is 8.46. The third kappa shape index (κ3) is 3.46. The van der Waals surface area contributed by atoms with Gasteiger partial charge in [-0.05, 0) is 42.1 Å². The summed E-state index contributed by atoms with van der Waals surface area (Å²) in [7, 11) is 0. The van der Waals surface area contributed by atoms with Gasteiger partial charge in [-0.2, -0.15) is 0 Å². The van der Waals surface area contributed by atoms with Gasteiger partial charge >= 0.3 is 0 Å². The molecule has 3 aromatic rings. The molecule has 0 saturated heterocycles. The number of anilines is 2. The maximum atomic E-state index is 12.0. The molecule has 0 atom stereocenters. The minimum atomic E-state index is -0.378. The van der Waals surface area contributed by atoms with E-state index in [9.17, 15) is 9.59 Å². The number of hydrogen-bond donors (Lipinski definition) is 2. The lowest BCUT2D eigenvalue weighted by Crippen LogP contribution is -2.14. The zero-order valence-corrected chi connectivity index (χ0v) is 13.0. The molecule has 0 spiro atoms. The van der Waals surface area contributed by atoms with Crippen molar-refractivity contribution in [1.82, 2.24) is 4.98 Å². The first-order chi connectivity index (χ1) is 11.1. The molecular formula is C16H13N3O3S. The van der Waals surface area contributed by atoms with Crippen molar-refractivity contribution in [3.8, 4) is 0 Å². The highest BCUT2D eigenvalue weighted by molar-refractivity contribution is 7.12. The Kier molecular flexibility index (Phi) is 4.20. The summed E-state index contributed by atoms with van der Waals surface area (Å²) in [5.41, 5.74) is 1.39. The van der Waals surface area contributed by atoms with Crippen LogP contribution in [0.1, 0.15) is 25.8 Å². The third-order valence-electron chi connectivity index (χ3n) is 3.09. The average Bonchev–Trinajstić information content (AvgIpc) is 3.23. The molecule has 0 aliphatic rings. The zero-order chi connectivity index (χ0) is 16.2. The molecule has 0 saturated carbocycles. The topological polar surface area (TPSA) is 84.2 Å². The van der Waals surface area contributed by atoms with Crippen molar-refractivity contribution in [2.24, 2.45) is 0 Å². The van der Waals surface area contributed by atoms with Crippen molar-refractivity contribution < 1.29 is 14.0 Å². The maximum Gasteiger partial charge on any atom is 0.292 e. The van der Waals surface area contributed by atoms with Crippen LogP contribution in [-0.2, 0) is 0 Å². The summed E-state index contributed by atoms with van der Waals surface area (Å²) in [6.07, 6.45) is 2.94. The predicted molar refractivity (Wildman–Crippen MR) is 87.9 cm³/mol. The van der Waals surface area contributed by atoms with Crippen LogP contribution in [0.4, 0.5) is 11.5 Å². The fraction of sp³-hybridized carbons (Fsp3) is 0.0625. The molecule has 0 radical (unpaired) electrons. The number of nitrogens with zero attached hydrogens (tertiary/aromatic N) is 1. The Labute approximate surface area is 136 Å². The number of amides is 2. The molecule has 6 nitrogen and oxygen atoms in total. The molecular weight excluding hydrogens is 314 g/mol. The van der Waals surface area contributed by atoms with Crippen LogP contribution >= 0.6 is 11.3 Å². The van der Waals surface area contributed by atoms with Gasteiger partial charge in [-0.25, -0.2) is 4.98 Å². The molecule has 0 unspecified atom stereocenters. The molecule has 0 bridgehead atoms. The summed E-state index contributed by atoms with van der Waals surface area (Å²) >= 11 is 1.37. The van der Waals surface area contributed by atoms with Gasteiger partial charge in [-0.15, -0.1) is 11.3 Å². The number of carbonyl (C=O) groups excluding carboxylic acids is 2. The van der Waals surface area contributed by atoms with E-state index in [1.165, 1.54) is 23.8 Å². The summed E-state index contributed by atoms with van der Waals surface area (Å²) < 4.78 is 5.02. The second kappa shape index (κ2) is 6.45. The molecule has 0 aliphatic heterocycles. The lowest BCUT2D eigenvalue weighted by atomic mass is 10.2. The first-order valence-corrected chi connectivity index (χ1v) is 7.68. The average molecular weight is 327 g/mol. The number of carbonyl (C=O) groups is 2. The van der Waals surface area contributed by atoms with Crippen LogP contribution in [0.3, 0.4) is 0 Å². The maximum absolute atomic E-state index is 12.0. The molecule has 7 heteroatoms. The van der Waals surface area contributed by atoms with Gasteiger partial charge < -0.3 is 15.1 Å². The smallest absolute Gasteiger partial charge is 0.292 e. The Hall–Kier alpha value is -2.93. The second-order valence-corrected chi connectivity index (χ2v) is 5.70. The first-order valence-electron chi connectivity index (χ1n) is 6.80. The number of thiophene rings is 1. The highest BCUT2D eigenvalue weighted by Crippen LogP contribution is 2.19. The summed E-state index contributed by atoms with van der Waals surface area (Å²) in [6.45, 7) is 1.83. The van der Waals surface area contributed by atoms with Crippen molar-refractivity contribution in [1.29, 1.82) is 0 Å². The Morgan fingerprint density at radius 1 is 1.17 bits per heavy atom. The standard InChI is InChI=1S/C16H13N3O3S/c1-10-8-14(19-15(20)12-4-2-6-22-12)17-9-11(10)18-16(21)13-5-3-7-23-13/h2-9H,1H3,(H,18,21)(H,17,19,20). The van der Waals surface area contributed by atoms with Crippen molar-refractivity contribution in [3.05, 3.63) is 64.4 Å². The van der Waals surface area contributed by atoms with Gasteiger partial charge in [0.05, 0.1) is 23.0 Å². The van der Waals surface area contributed by atoms with Crippen LogP contribution in [0.2, 0.25) is 0 Å². The van der Waals surface area contributed by atoms with Gasteiger partial charge in [-0.1, -0.05) is 6.07 Å². The second-order valence-electron chi connectivity index (χ2n) is 4.75. The van der Waals surface area contributed by atoms with Gasteiger partial charge in [0.2, 0.25) is 0 Å². The predicted octanol–water partition coefficient (Wildman–Crippen LogP) is 3.55. The van der Waals surface area contributed by atoms with Crippen molar-refractivity contribution in [2.45, 2.75) is 6.92 Å². The molecule has 3 heterocycles. The van der Waals surface area contributed by atoms with E-state index < -0.39 is 0 Å². The van der Waals surface area contributed by atoms with Crippen LogP contribution < -0.4 is 10.6 Å². The Morgan fingerprint density at radius 2 is 2.04 bits per heavy atom. The minimum absolute atomic E-state index is 0.183. The molecule has 0 fully saturated rings. The number of aromatic nitrogens is 1. The van der Waals surface area contributed by atoms with Crippen molar-refractivity contribution in [2.75, 3.05) is 10.6 Å². The van der Waals surface area contributed by atoms with E-state index in [2.05, 4.69) is 15.6 Å². The zero-order valence-electron chi connectivity index (χ0n) is 12.2. The van der Waals surface area contributed by atoms with Gasteiger partial charge in [0.15, 0.2) is 5.76 Å². The number of rotatable bonds is 4. The third-order valence-corrected chi connectivity index (χ3v) is 3.96. The SMILES string of the molecule is Cc1cc(NC(=O)c2ccco2)ncc1NC(=O)c1cccs1. The van der Waals surface area contributed by atoms with E-state index in [0.717, 1.165) is 5.56 Å². The fourth-order valence-electron chi connectivity index (χ4n) is 1.93. The van der Waals surface area contributed by atoms with E-state index in [0.29, 0.717) is 16.4 Å². The Balaban J connectivity index is 1.71. The van der Waals surface area contributed by atoms with Gasteiger partial charge in [-0.3, -0.25) is 9.59 Å². The van der Waals surface area contributed by atoms with Crippen LogP contribution in [-0.4, -0.2) is 16.8 Å². The molecule has 3 rings (SSSR count). The first kappa shape index (κ1) is 15.0. The van der Waals surface area contributed by atoms with Gasteiger partial charge in [0.1, 0.15) is 5.82 Å². The van der Waals surface area contributed by atoms with E-state index in [1.807, 2.05) is 18.4 Å². The largest absolute Gasteiger partial charge is 0.459 e. The number of furan rings is 1. The number of nitrogens with one attached hydrogen (secondary N) is 2. The molecule has 2 N–H and O–H groups in total. The van der Waals surface area contributed by atoms with E-state index in [-0.39, 0.29) is 17.6 Å².